The van der Waals surface area contributed by atoms with Gasteiger partial charge in [-0.1, -0.05) is 0 Å². The zero-order valence-corrected chi connectivity index (χ0v) is 19.7. The van der Waals surface area contributed by atoms with Crippen LogP contribution >= 0.6 is 0 Å². The molecule has 1 heterocycles. The van der Waals surface area contributed by atoms with Gasteiger partial charge in [0.15, 0.2) is 41.2 Å². The standard InChI is InChI=1S/C27H24O8/c1-30-23-8-5-16(11-25(23)32-3)21(28)15-34-18-7-10-22-19(13-18)20(14-35-22)27(29)17-6-9-24(31-2)26(12-17)33-4/h5-14H,15H2,1-4H3. The molecule has 0 aliphatic carbocycles. The molecule has 8 nitrogen and oxygen atoms in total. The smallest absolute Gasteiger partial charge is 0.200 e. The van der Waals surface area contributed by atoms with Crippen LogP contribution in [0.25, 0.3) is 11.0 Å². The first-order valence-electron chi connectivity index (χ1n) is 10.6. The lowest BCUT2D eigenvalue weighted by Gasteiger charge is -2.10. The number of methoxy groups -OCH3 is 4. The molecule has 0 saturated heterocycles. The molecule has 0 saturated carbocycles. The molecule has 0 aliphatic rings. The molecule has 3 aromatic carbocycles. The van der Waals surface area contributed by atoms with Gasteiger partial charge in [-0.05, 0) is 54.6 Å². The molecule has 4 rings (SSSR count). The van der Waals surface area contributed by atoms with Crippen LogP contribution in [0.5, 0.6) is 28.7 Å². The van der Waals surface area contributed by atoms with Crippen molar-refractivity contribution in [3.8, 4) is 28.7 Å². The lowest BCUT2D eigenvalue weighted by atomic mass is 10.0. The number of carbonyl (C=O) groups is 2. The Morgan fingerprint density at radius 1 is 0.714 bits per heavy atom. The third-order valence-corrected chi connectivity index (χ3v) is 5.51. The fourth-order valence-electron chi connectivity index (χ4n) is 3.65. The Hall–Kier alpha value is -4.46. The van der Waals surface area contributed by atoms with Crippen LogP contribution < -0.4 is 23.7 Å². The molecule has 0 atom stereocenters. The number of hydrogen-bond donors (Lipinski definition) is 0. The molecule has 0 N–H and O–H groups in total. The van der Waals surface area contributed by atoms with E-state index in [1.807, 2.05) is 0 Å². The largest absolute Gasteiger partial charge is 0.493 e. The highest BCUT2D eigenvalue weighted by atomic mass is 16.5. The first-order valence-corrected chi connectivity index (χ1v) is 10.6. The number of furan rings is 1. The predicted octanol–water partition coefficient (Wildman–Crippen LogP) is 4.96. The van der Waals surface area contributed by atoms with Crippen molar-refractivity contribution < 1.29 is 37.7 Å². The molecule has 0 spiro atoms. The maximum atomic E-state index is 13.2. The van der Waals surface area contributed by atoms with Crippen LogP contribution in [-0.2, 0) is 0 Å². The third-order valence-electron chi connectivity index (χ3n) is 5.51. The summed E-state index contributed by atoms with van der Waals surface area (Å²) in [6, 6.07) is 14.9. The minimum Gasteiger partial charge on any atom is -0.493 e. The molecule has 35 heavy (non-hydrogen) atoms. The van der Waals surface area contributed by atoms with E-state index in [1.165, 1.54) is 34.7 Å². The van der Waals surface area contributed by atoms with Crippen LogP contribution in [-0.4, -0.2) is 46.6 Å². The molecule has 1 aromatic heterocycles. The van der Waals surface area contributed by atoms with Gasteiger partial charge in [-0.15, -0.1) is 0 Å². The Kier molecular flexibility index (Phi) is 6.91. The van der Waals surface area contributed by atoms with Crippen LogP contribution in [0, 0.1) is 0 Å². The monoisotopic (exact) mass is 476 g/mol. The number of ketones is 2. The average Bonchev–Trinajstić information content (AvgIpc) is 3.33. The normalized spacial score (nSPS) is 10.6. The van der Waals surface area contributed by atoms with Crippen molar-refractivity contribution in [2.75, 3.05) is 35.0 Å². The van der Waals surface area contributed by atoms with Gasteiger partial charge >= 0.3 is 0 Å². The van der Waals surface area contributed by atoms with Crippen molar-refractivity contribution >= 4 is 22.5 Å². The number of benzene rings is 3. The van der Waals surface area contributed by atoms with E-state index in [0.29, 0.717) is 56.4 Å². The summed E-state index contributed by atoms with van der Waals surface area (Å²) < 4.78 is 32.3. The summed E-state index contributed by atoms with van der Waals surface area (Å²) in [4.78, 5) is 25.8. The number of hydrogen-bond acceptors (Lipinski definition) is 8. The second-order valence-corrected chi connectivity index (χ2v) is 7.49. The topological polar surface area (TPSA) is 93.4 Å². The van der Waals surface area contributed by atoms with Crippen molar-refractivity contribution in [3.05, 3.63) is 77.6 Å². The van der Waals surface area contributed by atoms with E-state index in [2.05, 4.69) is 0 Å². The van der Waals surface area contributed by atoms with Gasteiger partial charge in [-0.25, -0.2) is 0 Å². The summed E-state index contributed by atoms with van der Waals surface area (Å²) in [6.45, 7) is -0.197. The van der Waals surface area contributed by atoms with Crippen molar-refractivity contribution in [3.63, 3.8) is 0 Å². The van der Waals surface area contributed by atoms with Gasteiger partial charge in [0, 0.05) is 16.5 Å². The molecule has 8 heteroatoms. The van der Waals surface area contributed by atoms with E-state index in [-0.39, 0.29) is 18.2 Å². The van der Waals surface area contributed by atoms with Crippen LogP contribution in [0.3, 0.4) is 0 Å². The molecule has 0 aliphatic heterocycles. The molecule has 0 bridgehead atoms. The Morgan fingerprint density at radius 3 is 1.94 bits per heavy atom. The van der Waals surface area contributed by atoms with Crippen LogP contribution in [0.2, 0.25) is 0 Å². The minimum absolute atomic E-state index is 0.197. The second-order valence-electron chi connectivity index (χ2n) is 7.49. The van der Waals surface area contributed by atoms with Crippen LogP contribution in [0.1, 0.15) is 26.3 Å². The number of rotatable bonds is 10. The molecule has 180 valence electrons. The molecular weight excluding hydrogens is 452 g/mol. The maximum Gasteiger partial charge on any atom is 0.200 e. The van der Waals surface area contributed by atoms with E-state index in [4.69, 9.17) is 28.1 Å². The Labute approximate surface area is 201 Å². The highest BCUT2D eigenvalue weighted by molar-refractivity contribution is 6.16. The van der Waals surface area contributed by atoms with Gasteiger partial charge in [0.2, 0.25) is 0 Å². The van der Waals surface area contributed by atoms with Gasteiger partial charge in [0.05, 0.1) is 34.0 Å². The predicted molar refractivity (Wildman–Crippen MR) is 129 cm³/mol. The zero-order valence-electron chi connectivity index (χ0n) is 19.7. The molecular formula is C27H24O8. The van der Waals surface area contributed by atoms with Gasteiger partial charge in [0.25, 0.3) is 0 Å². The Morgan fingerprint density at radius 2 is 1.31 bits per heavy atom. The summed E-state index contributed by atoms with van der Waals surface area (Å²) in [7, 11) is 6.06. The molecule has 0 fully saturated rings. The van der Waals surface area contributed by atoms with E-state index in [0.717, 1.165) is 0 Å². The summed E-state index contributed by atoms with van der Waals surface area (Å²) in [6.07, 6.45) is 1.41. The first-order chi connectivity index (χ1) is 17.0. The molecule has 0 amide bonds. The Balaban J connectivity index is 1.55. The first kappa shape index (κ1) is 23.7. The molecule has 4 aromatic rings. The van der Waals surface area contributed by atoms with E-state index < -0.39 is 0 Å². The fourth-order valence-corrected chi connectivity index (χ4v) is 3.65. The highest BCUT2D eigenvalue weighted by Crippen LogP contribution is 2.32. The zero-order chi connectivity index (χ0) is 24.9. The van der Waals surface area contributed by atoms with E-state index in [9.17, 15) is 9.59 Å². The number of ether oxygens (including phenoxy) is 5. The SMILES string of the molecule is COc1ccc(C(=O)COc2ccc3occ(C(=O)c4ccc(OC)c(OC)c4)c3c2)cc1OC. The summed E-state index contributed by atoms with van der Waals surface area (Å²) in [5, 5.41) is 0.570. The van der Waals surface area contributed by atoms with Crippen molar-refractivity contribution in [2.45, 2.75) is 0 Å². The average molecular weight is 476 g/mol. The van der Waals surface area contributed by atoms with Crippen molar-refractivity contribution in [1.29, 1.82) is 0 Å². The van der Waals surface area contributed by atoms with Crippen molar-refractivity contribution in [1.82, 2.24) is 0 Å². The van der Waals surface area contributed by atoms with E-state index >= 15 is 0 Å². The number of fused-ring (bicyclic) bond motifs is 1. The number of Topliss-reactive ketones (excluding diaryl/α,β-unsaturated/α-hetero) is 1. The minimum atomic E-state index is -0.247. The van der Waals surface area contributed by atoms with Gasteiger partial charge < -0.3 is 28.1 Å². The summed E-state index contributed by atoms with van der Waals surface area (Å²) >= 11 is 0. The quantitative estimate of drug-likeness (QED) is 0.297. The van der Waals surface area contributed by atoms with Gasteiger partial charge in [-0.3, -0.25) is 9.59 Å². The summed E-state index contributed by atoms with van der Waals surface area (Å²) in [5.41, 5.74) is 1.73. The van der Waals surface area contributed by atoms with Gasteiger partial charge in [-0.2, -0.15) is 0 Å². The Bertz CT molecular complexity index is 1390. The summed E-state index contributed by atoms with van der Waals surface area (Å²) in [5.74, 6) is 1.90. The molecule has 0 unspecified atom stereocenters. The van der Waals surface area contributed by atoms with Crippen LogP contribution in [0.15, 0.2) is 65.3 Å². The maximum absolute atomic E-state index is 13.2. The van der Waals surface area contributed by atoms with E-state index in [1.54, 1.807) is 54.6 Å². The third kappa shape index (κ3) is 4.77. The van der Waals surface area contributed by atoms with Gasteiger partial charge in [0.1, 0.15) is 17.6 Å². The van der Waals surface area contributed by atoms with Crippen LogP contribution in [0.4, 0.5) is 0 Å². The second kappa shape index (κ2) is 10.2. The molecule has 0 radical (unpaired) electrons. The van der Waals surface area contributed by atoms with Crippen molar-refractivity contribution in [2.24, 2.45) is 0 Å². The number of carbonyl (C=O) groups excluding carboxylic acids is 2. The fraction of sp³-hybridized carbons (Fsp3) is 0.185. The lowest BCUT2D eigenvalue weighted by Crippen LogP contribution is -2.12. The lowest BCUT2D eigenvalue weighted by molar-refractivity contribution is 0.0920. The highest BCUT2D eigenvalue weighted by Gasteiger charge is 2.19.